The molecule has 1 aliphatic heterocycles. The highest BCUT2D eigenvalue weighted by molar-refractivity contribution is 4.94. The van der Waals surface area contributed by atoms with Crippen LogP contribution in [0.3, 0.4) is 0 Å². The minimum absolute atomic E-state index is 0.0964. The van der Waals surface area contributed by atoms with Gasteiger partial charge in [-0.1, -0.05) is 6.92 Å². The third-order valence-electron chi connectivity index (χ3n) is 4.87. The Kier molecular flexibility index (Phi) is 6.48. The molecule has 4 nitrogen and oxygen atoms in total. The summed E-state index contributed by atoms with van der Waals surface area (Å²) in [6, 6.07) is 0.634. The molecule has 1 saturated heterocycles. The van der Waals surface area contributed by atoms with Gasteiger partial charge >= 0.3 is 0 Å². The lowest BCUT2D eigenvalue weighted by Crippen LogP contribution is -2.49. The molecule has 0 aromatic carbocycles. The van der Waals surface area contributed by atoms with E-state index in [2.05, 4.69) is 26.1 Å². The average Bonchev–Trinajstić information content (AvgIpc) is 3.25. The van der Waals surface area contributed by atoms with Gasteiger partial charge in [-0.3, -0.25) is 0 Å². The lowest BCUT2D eigenvalue weighted by molar-refractivity contribution is -0.102. The van der Waals surface area contributed by atoms with E-state index in [0.717, 1.165) is 38.7 Å². The smallest absolute Gasteiger partial charge is 0.0624 e. The van der Waals surface area contributed by atoms with Crippen LogP contribution in [-0.2, 0) is 9.47 Å². The summed E-state index contributed by atoms with van der Waals surface area (Å²) in [6.07, 6.45) is 8.46. The predicted octanol–water partition coefficient (Wildman–Crippen LogP) is 2.63. The fourth-order valence-corrected chi connectivity index (χ4v) is 3.39. The van der Waals surface area contributed by atoms with Crippen molar-refractivity contribution in [2.45, 2.75) is 95.6 Å². The molecule has 1 heterocycles. The molecule has 3 unspecified atom stereocenters. The van der Waals surface area contributed by atoms with Gasteiger partial charge in [0.15, 0.2) is 0 Å². The van der Waals surface area contributed by atoms with Gasteiger partial charge in [0.25, 0.3) is 0 Å². The molecule has 21 heavy (non-hydrogen) atoms. The maximum absolute atomic E-state index is 9.75. The Morgan fingerprint density at radius 3 is 2.43 bits per heavy atom. The quantitative estimate of drug-likeness (QED) is 0.643. The van der Waals surface area contributed by atoms with E-state index in [1.165, 1.54) is 12.8 Å². The van der Waals surface area contributed by atoms with Crippen LogP contribution in [0.25, 0.3) is 0 Å². The van der Waals surface area contributed by atoms with Crippen LogP contribution in [0.2, 0.25) is 0 Å². The number of hydrogen-bond acceptors (Lipinski definition) is 4. The lowest BCUT2D eigenvalue weighted by atomic mass is 9.91. The molecule has 0 aromatic rings. The van der Waals surface area contributed by atoms with Crippen molar-refractivity contribution >= 4 is 0 Å². The van der Waals surface area contributed by atoms with Crippen molar-refractivity contribution in [3.05, 3.63) is 0 Å². The fraction of sp³-hybridized carbons (Fsp3) is 1.00. The molecule has 0 spiro atoms. The molecule has 0 amide bonds. The van der Waals surface area contributed by atoms with Crippen molar-refractivity contribution in [3.8, 4) is 0 Å². The summed E-state index contributed by atoms with van der Waals surface area (Å²) in [5.74, 6) is 0. The minimum atomic E-state index is -0.0964. The normalized spacial score (nSPS) is 32.9. The van der Waals surface area contributed by atoms with Crippen molar-refractivity contribution in [1.82, 2.24) is 5.32 Å². The summed E-state index contributed by atoms with van der Waals surface area (Å²) >= 11 is 0. The highest BCUT2D eigenvalue weighted by Crippen LogP contribution is 2.27. The molecule has 124 valence electrons. The molecule has 0 radical (unpaired) electrons. The first-order valence-electron chi connectivity index (χ1n) is 8.72. The van der Waals surface area contributed by atoms with E-state index in [0.29, 0.717) is 24.4 Å². The average molecular weight is 299 g/mol. The summed E-state index contributed by atoms with van der Waals surface area (Å²) in [5.41, 5.74) is -0.0964. The van der Waals surface area contributed by atoms with Gasteiger partial charge in [0.05, 0.1) is 24.9 Å². The molecule has 3 atom stereocenters. The van der Waals surface area contributed by atoms with Crippen LogP contribution in [0, 0.1) is 0 Å². The zero-order valence-electron chi connectivity index (χ0n) is 13.9. The second-order valence-electron chi connectivity index (χ2n) is 7.04. The second-order valence-corrected chi connectivity index (χ2v) is 7.04. The number of rotatable bonds is 9. The van der Waals surface area contributed by atoms with E-state index in [1.807, 2.05) is 0 Å². The highest BCUT2D eigenvalue weighted by atomic mass is 16.5. The van der Waals surface area contributed by atoms with Crippen LogP contribution in [0.15, 0.2) is 0 Å². The summed E-state index contributed by atoms with van der Waals surface area (Å²) in [5, 5.41) is 13.4. The van der Waals surface area contributed by atoms with Crippen LogP contribution >= 0.6 is 0 Å². The number of aliphatic hydroxyl groups excluding tert-OH is 1. The first-order chi connectivity index (χ1) is 10.1. The molecule has 0 aromatic heterocycles. The Hall–Kier alpha value is -0.160. The maximum atomic E-state index is 9.75. The lowest BCUT2D eigenvalue weighted by Gasteiger charge is -2.34. The molecule has 2 fully saturated rings. The fourth-order valence-electron chi connectivity index (χ4n) is 3.39. The van der Waals surface area contributed by atoms with Gasteiger partial charge in [0.2, 0.25) is 0 Å². The summed E-state index contributed by atoms with van der Waals surface area (Å²) < 4.78 is 11.8. The molecular weight excluding hydrogens is 266 g/mol. The van der Waals surface area contributed by atoms with Crippen molar-refractivity contribution in [2.24, 2.45) is 0 Å². The van der Waals surface area contributed by atoms with Gasteiger partial charge in [-0.05, 0) is 58.8 Å². The molecule has 2 N–H and O–H groups in total. The standard InChI is InChI=1S/C17H33NO3/c1-4-17(12-19,18-15-6-7-15)8-5-9-20-16-10-13(2)21-14(3)11-16/h13-16,18-19H,4-12H2,1-3H3. The van der Waals surface area contributed by atoms with Crippen LogP contribution in [-0.4, -0.2) is 48.2 Å². The van der Waals surface area contributed by atoms with Crippen LogP contribution in [0.1, 0.15) is 65.7 Å². The van der Waals surface area contributed by atoms with Crippen molar-refractivity contribution < 1.29 is 14.6 Å². The van der Waals surface area contributed by atoms with Gasteiger partial charge in [-0.2, -0.15) is 0 Å². The van der Waals surface area contributed by atoms with Crippen LogP contribution in [0.4, 0.5) is 0 Å². The van der Waals surface area contributed by atoms with E-state index < -0.39 is 0 Å². The van der Waals surface area contributed by atoms with E-state index in [1.54, 1.807) is 0 Å². The Balaban J connectivity index is 1.67. The Morgan fingerprint density at radius 2 is 1.90 bits per heavy atom. The van der Waals surface area contributed by atoms with Crippen molar-refractivity contribution in [1.29, 1.82) is 0 Å². The third kappa shape index (κ3) is 5.51. The van der Waals surface area contributed by atoms with E-state index >= 15 is 0 Å². The first-order valence-corrected chi connectivity index (χ1v) is 8.72. The number of aliphatic hydroxyl groups is 1. The Labute approximate surface area is 129 Å². The molecule has 0 bridgehead atoms. The summed E-state index contributed by atoms with van der Waals surface area (Å²) in [7, 11) is 0. The third-order valence-corrected chi connectivity index (χ3v) is 4.87. The molecule has 1 saturated carbocycles. The minimum Gasteiger partial charge on any atom is -0.394 e. The Morgan fingerprint density at radius 1 is 1.24 bits per heavy atom. The van der Waals surface area contributed by atoms with Gasteiger partial charge in [-0.15, -0.1) is 0 Å². The summed E-state index contributed by atoms with van der Waals surface area (Å²) in [4.78, 5) is 0. The number of ether oxygens (including phenoxy) is 2. The van der Waals surface area contributed by atoms with Crippen molar-refractivity contribution in [2.75, 3.05) is 13.2 Å². The topological polar surface area (TPSA) is 50.7 Å². The zero-order valence-corrected chi connectivity index (χ0v) is 13.9. The zero-order chi connectivity index (χ0) is 15.3. The number of nitrogens with one attached hydrogen (secondary N) is 1. The van der Waals surface area contributed by atoms with E-state index in [4.69, 9.17) is 9.47 Å². The van der Waals surface area contributed by atoms with Gasteiger partial charge < -0.3 is 19.9 Å². The molecular formula is C17H33NO3. The molecule has 2 rings (SSSR count). The maximum Gasteiger partial charge on any atom is 0.0624 e. The molecule has 1 aliphatic carbocycles. The van der Waals surface area contributed by atoms with E-state index in [-0.39, 0.29) is 12.1 Å². The van der Waals surface area contributed by atoms with Gasteiger partial charge in [0, 0.05) is 18.2 Å². The predicted molar refractivity (Wildman–Crippen MR) is 84.5 cm³/mol. The van der Waals surface area contributed by atoms with E-state index in [9.17, 15) is 5.11 Å². The van der Waals surface area contributed by atoms with Gasteiger partial charge in [-0.25, -0.2) is 0 Å². The molecule has 2 aliphatic rings. The van der Waals surface area contributed by atoms with Gasteiger partial charge in [0.1, 0.15) is 0 Å². The van der Waals surface area contributed by atoms with Crippen LogP contribution < -0.4 is 5.32 Å². The second kappa shape index (κ2) is 7.91. The monoisotopic (exact) mass is 299 g/mol. The van der Waals surface area contributed by atoms with Crippen molar-refractivity contribution in [3.63, 3.8) is 0 Å². The number of hydrogen-bond donors (Lipinski definition) is 2. The summed E-state index contributed by atoms with van der Waals surface area (Å²) in [6.45, 7) is 7.43. The highest BCUT2D eigenvalue weighted by Gasteiger charge is 2.34. The first kappa shape index (κ1) is 17.2. The Bertz CT molecular complexity index is 292. The molecule has 4 heteroatoms. The SMILES string of the molecule is CCC(CO)(CCCOC1CC(C)OC(C)C1)NC1CC1. The largest absolute Gasteiger partial charge is 0.394 e. The van der Waals surface area contributed by atoms with Crippen LogP contribution in [0.5, 0.6) is 0 Å².